The van der Waals surface area contributed by atoms with Crippen LogP contribution in [0, 0.1) is 6.92 Å². The van der Waals surface area contributed by atoms with Crippen LogP contribution >= 0.6 is 0 Å². The number of hydrogen-bond acceptors (Lipinski definition) is 6. The largest absolute Gasteiger partial charge is 0.382 e. The third-order valence-corrected chi connectivity index (χ3v) is 3.87. The monoisotopic (exact) mass is 305 g/mol. The minimum absolute atomic E-state index is 0.00544. The number of ether oxygens (including phenoxy) is 1. The molecular weight excluding hydrogens is 286 g/mol. The van der Waals surface area contributed by atoms with E-state index in [0.717, 1.165) is 6.42 Å². The number of likely N-dealkylation sites (tertiary alicyclic amines) is 1. The summed E-state index contributed by atoms with van der Waals surface area (Å²) in [6.07, 6.45) is 2.55. The molecule has 8 heteroatoms. The molecular formula is C14H19N5O3. The normalized spacial score (nSPS) is 21.5. The maximum Gasteiger partial charge on any atom is 0.292 e. The number of anilines is 1. The van der Waals surface area contributed by atoms with Crippen molar-refractivity contribution >= 4 is 11.7 Å². The fraction of sp³-hybridized carbons (Fsp3) is 0.500. The maximum atomic E-state index is 12.6. The van der Waals surface area contributed by atoms with Gasteiger partial charge in [0.05, 0.1) is 24.4 Å². The number of amides is 1. The van der Waals surface area contributed by atoms with Crippen molar-refractivity contribution in [2.45, 2.75) is 32.0 Å². The standard InChI is InChI=1S/C14H19N5O3/c1-9-5-12(22-17-9)14(20)19-8-11(21-2)6-10(19)7-18-4-3-13(15)16-18/h3-5,10-11H,6-8H2,1-2H3,(H2,15,16)/t10-,11-/m0/s1. The summed E-state index contributed by atoms with van der Waals surface area (Å²) in [7, 11) is 1.65. The summed E-state index contributed by atoms with van der Waals surface area (Å²) in [6, 6.07) is 3.35. The lowest BCUT2D eigenvalue weighted by atomic mass is 10.2. The lowest BCUT2D eigenvalue weighted by Crippen LogP contribution is -2.38. The SMILES string of the molecule is CO[C@H]1C[C@@H](Cn2ccc(N)n2)N(C(=O)c2cc(C)no2)C1. The molecule has 2 aromatic rings. The van der Waals surface area contributed by atoms with Gasteiger partial charge in [0.25, 0.3) is 5.91 Å². The topological polar surface area (TPSA) is 99.4 Å². The second kappa shape index (κ2) is 5.80. The van der Waals surface area contributed by atoms with Crippen LogP contribution in [0.4, 0.5) is 5.82 Å². The first-order valence-electron chi connectivity index (χ1n) is 7.13. The second-order valence-electron chi connectivity index (χ2n) is 5.50. The van der Waals surface area contributed by atoms with Crippen LogP contribution in [0.1, 0.15) is 22.7 Å². The molecule has 1 aliphatic rings. The summed E-state index contributed by atoms with van der Waals surface area (Å²) in [4.78, 5) is 14.4. The first-order chi connectivity index (χ1) is 10.6. The smallest absolute Gasteiger partial charge is 0.292 e. The van der Waals surface area contributed by atoms with Crippen molar-refractivity contribution in [3.63, 3.8) is 0 Å². The predicted octanol–water partition coefficient (Wildman–Crippen LogP) is 0.691. The zero-order chi connectivity index (χ0) is 15.7. The van der Waals surface area contributed by atoms with E-state index in [-0.39, 0.29) is 23.8 Å². The fourth-order valence-electron chi connectivity index (χ4n) is 2.77. The Bertz CT molecular complexity index is 665. The molecule has 8 nitrogen and oxygen atoms in total. The fourth-order valence-corrected chi connectivity index (χ4v) is 2.77. The highest BCUT2D eigenvalue weighted by Gasteiger charge is 2.37. The van der Waals surface area contributed by atoms with E-state index in [4.69, 9.17) is 15.0 Å². The molecule has 2 atom stereocenters. The molecule has 0 saturated carbocycles. The van der Waals surface area contributed by atoms with Gasteiger partial charge in [-0.25, -0.2) is 0 Å². The van der Waals surface area contributed by atoms with Crippen LogP contribution in [0.25, 0.3) is 0 Å². The second-order valence-corrected chi connectivity index (χ2v) is 5.50. The molecule has 2 N–H and O–H groups in total. The molecule has 22 heavy (non-hydrogen) atoms. The quantitative estimate of drug-likeness (QED) is 0.892. The van der Waals surface area contributed by atoms with Crippen LogP contribution in [-0.2, 0) is 11.3 Å². The Morgan fingerprint density at radius 3 is 3.00 bits per heavy atom. The number of nitrogens with two attached hydrogens (primary N) is 1. The van der Waals surface area contributed by atoms with Crippen LogP contribution in [0.5, 0.6) is 0 Å². The lowest BCUT2D eigenvalue weighted by molar-refractivity contribution is 0.0639. The molecule has 118 valence electrons. The van der Waals surface area contributed by atoms with Gasteiger partial charge in [-0.2, -0.15) is 5.10 Å². The number of carbonyl (C=O) groups is 1. The average molecular weight is 305 g/mol. The summed E-state index contributed by atoms with van der Waals surface area (Å²) >= 11 is 0. The number of hydrogen-bond donors (Lipinski definition) is 1. The van der Waals surface area contributed by atoms with Crippen LogP contribution in [0.15, 0.2) is 22.9 Å². The van der Waals surface area contributed by atoms with E-state index in [2.05, 4.69) is 10.3 Å². The molecule has 3 rings (SSSR count). The molecule has 1 saturated heterocycles. The summed E-state index contributed by atoms with van der Waals surface area (Å²) in [5.41, 5.74) is 6.32. The Labute approximate surface area is 127 Å². The van der Waals surface area contributed by atoms with Gasteiger partial charge in [-0.3, -0.25) is 9.48 Å². The van der Waals surface area contributed by atoms with Crippen molar-refractivity contribution in [2.24, 2.45) is 0 Å². The third-order valence-electron chi connectivity index (χ3n) is 3.87. The highest BCUT2D eigenvalue weighted by molar-refractivity contribution is 5.92. The molecule has 3 heterocycles. The van der Waals surface area contributed by atoms with Crippen molar-refractivity contribution in [2.75, 3.05) is 19.4 Å². The van der Waals surface area contributed by atoms with E-state index in [1.807, 2.05) is 0 Å². The number of rotatable bonds is 4. The van der Waals surface area contributed by atoms with Crippen molar-refractivity contribution in [3.05, 3.63) is 29.8 Å². The molecule has 1 aliphatic heterocycles. The van der Waals surface area contributed by atoms with E-state index in [9.17, 15) is 4.79 Å². The van der Waals surface area contributed by atoms with Crippen LogP contribution in [-0.4, -0.2) is 51.5 Å². The van der Waals surface area contributed by atoms with Gasteiger partial charge in [0.1, 0.15) is 5.82 Å². The maximum absolute atomic E-state index is 12.6. The van der Waals surface area contributed by atoms with Crippen LogP contribution in [0.3, 0.4) is 0 Å². The highest BCUT2D eigenvalue weighted by Crippen LogP contribution is 2.24. The summed E-state index contributed by atoms with van der Waals surface area (Å²) in [6.45, 7) is 2.87. The molecule has 0 radical (unpaired) electrons. The molecule has 1 fully saturated rings. The number of aryl methyl sites for hydroxylation is 1. The highest BCUT2D eigenvalue weighted by atomic mass is 16.5. The Balaban J connectivity index is 1.78. The van der Waals surface area contributed by atoms with Gasteiger partial charge >= 0.3 is 0 Å². The van der Waals surface area contributed by atoms with Crippen molar-refractivity contribution in [1.82, 2.24) is 19.8 Å². The number of aromatic nitrogens is 3. The van der Waals surface area contributed by atoms with E-state index in [1.165, 1.54) is 0 Å². The molecule has 0 bridgehead atoms. The van der Waals surface area contributed by atoms with Crippen molar-refractivity contribution in [1.29, 1.82) is 0 Å². The molecule has 0 aromatic carbocycles. The third kappa shape index (κ3) is 2.82. The van der Waals surface area contributed by atoms with Gasteiger partial charge in [-0.1, -0.05) is 5.16 Å². The Hall–Kier alpha value is -2.35. The number of carbonyl (C=O) groups excluding carboxylic acids is 1. The van der Waals surface area contributed by atoms with E-state index in [1.54, 1.807) is 41.9 Å². The summed E-state index contributed by atoms with van der Waals surface area (Å²) in [5.74, 6) is 0.537. The van der Waals surface area contributed by atoms with Gasteiger partial charge in [0, 0.05) is 25.9 Å². The summed E-state index contributed by atoms with van der Waals surface area (Å²) in [5, 5.41) is 7.95. The number of nitrogen functional groups attached to an aromatic ring is 1. The Kier molecular flexibility index (Phi) is 3.84. The first-order valence-corrected chi connectivity index (χ1v) is 7.13. The molecule has 0 unspecified atom stereocenters. The predicted molar refractivity (Wildman–Crippen MR) is 78.1 cm³/mol. The van der Waals surface area contributed by atoms with Gasteiger partial charge in [-0.15, -0.1) is 0 Å². The number of methoxy groups -OCH3 is 1. The van der Waals surface area contributed by atoms with Crippen molar-refractivity contribution in [3.8, 4) is 0 Å². The van der Waals surface area contributed by atoms with Crippen LogP contribution in [0.2, 0.25) is 0 Å². The average Bonchev–Trinajstić information content (AvgIpc) is 3.19. The van der Waals surface area contributed by atoms with E-state index < -0.39 is 0 Å². The molecule has 0 spiro atoms. The zero-order valence-electron chi connectivity index (χ0n) is 12.6. The van der Waals surface area contributed by atoms with Gasteiger partial charge < -0.3 is 19.9 Å². The minimum atomic E-state index is -0.176. The Morgan fingerprint density at radius 1 is 1.59 bits per heavy atom. The minimum Gasteiger partial charge on any atom is -0.382 e. The van der Waals surface area contributed by atoms with Crippen molar-refractivity contribution < 1.29 is 14.1 Å². The first kappa shape index (κ1) is 14.6. The van der Waals surface area contributed by atoms with E-state index in [0.29, 0.717) is 24.6 Å². The molecule has 1 amide bonds. The zero-order valence-corrected chi connectivity index (χ0v) is 12.6. The van der Waals surface area contributed by atoms with Gasteiger partial charge in [-0.05, 0) is 19.4 Å². The molecule has 2 aromatic heterocycles. The molecule has 0 aliphatic carbocycles. The van der Waals surface area contributed by atoms with E-state index >= 15 is 0 Å². The number of nitrogens with zero attached hydrogens (tertiary/aromatic N) is 4. The Morgan fingerprint density at radius 2 is 2.41 bits per heavy atom. The lowest BCUT2D eigenvalue weighted by Gasteiger charge is -2.23. The van der Waals surface area contributed by atoms with Gasteiger partial charge in [0.15, 0.2) is 0 Å². The summed E-state index contributed by atoms with van der Waals surface area (Å²) < 4.78 is 12.2. The van der Waals surface area contributed by atoms with Gasteiger partial charge in [0.2, 0.25) is 5.76 Å². The van der Waals surface area contributed by atoms with Crippen LogP contribution < -0.4 is 5.73 Å².